The van der Waals surface area contributed by atoms with Crippen LogP contribution in [0.3, 0.4) is 0 Å². The molecule has 0 heterocycles. The van der Waals surface area contributed by atoms with Gasteiger partial charge in [-0.1, -0.05) is 15.9 Å². The normalized spacial score (nSPS) is 13.2. The maximum absolute atomic E-state index is 12.1. The summed E-state index contributed by atoms with van der Waals surface area (Å²) in [5, 5.41) is 11.6. The number of halogens is 4. The lowest BCUT2D eigenvalue weighted by Gasteiger charge is -2.16. The lowest BCUT2D eigenvalue weighted by molar-refractivity contribution is -0.138. The molecule has 0 saturated carbocycles. The standard InChI is InChI=1S/C11H11BrF3NO2/c1-6(5-11(13,14)15)16-10(18)8-4-7(12)2-3-9(8)17/h2-4,6,17H,5H2,1H3,(H,16,18). The summed E-state index contributed by atoms with van der Waals surface area (Å²) in [7, 11) is 0. The molecule has 1 aromatic carbocycles. The molecule has 0 radical (unpaired) electrons. The largest absolute Gasteiger partial charge is 0.507 e. The topological polar surface area (TPSA) is 49.3 Å². The smallest absolute Gasteiger partial charge is 0.391 e. The number of aromatic hydroxyl groups is 1. The summed E-state index contributed by atoms with van der Waals surface area (Å²) < 4.78 is 36.8. The van der Waals surface area contributed by atoms with Crippen LogP contribution in [0.15, 0.2) is 22.7 Å². The summed E-state index contributed by atoms with van der Waals surface area (Å²) in [6, 6.07) is 3.08. The van der Waals surface area contributed by atoms with Crippen molar-refractivity contribution in [3.05, 3.63) is 28.2 Å². The van der Waals surface area contributed by atoms with E-state index in [0.29, 0.717) is 4.47 Å². The molecule has 100 valence electrons. The highest BCUT2D eigenvalue weighted by molar-refractivity contribution is 9.10. The van der Waals surface area contributed by atoms with Crippen LogP contribution in [0.25, 0.3) is 0 Å². The molecule has 1 rings (SSSR count). The average molecular weight is 326 g/mol. The zero-order valence-corrected chi connectivity index (χ0v) is 11.0. The molecular formula is C11H11BrF3NO2. The molecule has 2 N–H and O–H groups in total. The molecule has 0 fully saturated rings. The Bertz CT molecular complexity index is 448. The summed E-state index contributed by atoms with van der Waals surface area (Å²) in [5.41, 5.74) is -0.0709. The predicted octanol–water partition coefficient (Wildman–Crippen LogP) is 3.23. The van der Waals surface area contributed by atoms with Gasteiger partial charge in [-0.05, 0) is 25.1 Å². The van der Waals surface area contributed by atoms with E-state index in [1.54, 1.807) is 0 Å². The molecule has 0 spiro atoms. The maximum atomic E-state index is 12.1. The first kappa shape index (κ1) is 14.8. The summed E-state index contributed by atoms with van der Waals surface area (Å²) in [6.07, 6.45) is -5.46. The highest BCUT2D eigenvalue weighted by Crippen LogP contribution is 2.24. The van der Waals surface area contributed by atoms with Crippen molar-refractivity contribution in [3.63, 3.8) is 0 Å². The second-order valence-electron chi connectivity index (χ2n) is 3.86. The highest BCUT2D eigenvalue weighted by Gasteiger charge is 2.30. The van der Waals surface area contributed by atoms with Crippen LogP contribution in [0, 0.1) is 0 Å². The molecule has 0 saturated heterocycles. The van der Waals surface area contributed by atoms with Crippen molar-refractivity contribution in [2.45, 2.75) is 25.6 Å². The summed E-state index contributed by atoms with van der Waals surface area (Å²) in [6.45, 7) is 1.25. The quantitative estimate of drug-likeness (QED) is 0.896. The lowest BCUT2D eigenvalue weighted by Crippen LogP contribution is -2.35. The van der Waals surface area contributed by atoms with E-state index in [0.717, 1.165) is 0 Å². The number of hydrogen-bond acceptors (Lipinski definition) is 2. The Balaban J connectivity index is 2.74. The van der Waals surface area contributed by atoms with Gasteiger partial charge in [0.05, 0.1) is 12.0 Å². The van der Waals surface area contributed by atoms with Crippen molar-refractivity contribution in [2.75, 3.05) is 0 Å². The van der Waals surface area contributed by atoms with Gasteiger partial charge in [-0.25, -0.2) is 0 Å². The molecule has 0 bridgehead atoms. The zero-order valence-electron chi connectivity index (χ0n) is 9.38. The third-order valence-corrected chi connectivity index (χ3v) is 2.61. The van der Waals surface area contributed by atoms with Crippen LogP contribution in [0.1, 0.15) is 23.7 Å². The number of phenolic OH excluding ortho intramolecular Hbond substituents is 1. The summed E-state index contributed by atoms with van der Waals surface area (Å²) in [5.74, 6) is -1.03. The summed E-state index contributed by atoms with van der Waals surface area (Å²) in [4.78, 5) is 11.7. The number of amides is 1. The molecule has 18 heavy (non-hydrogen) atoms. The summed E-state index contributed by atoms with van der Waals surface area (Å²) >= 11 is 3.11. The van der Waals surface area contributed by atoms with E-state index in [-0.39, 0.29) is 11.3 Å². The van der Waals surface area contributed by atoms with Gasteiger partial charge in [-0.15, -0.1) is 0 Å². The van der Waals surface area contributed by atoms with E-state index in [2.05, 4.69) is 21.2 Å². The first-order chi connectivity index (χ1) is 8.19. The third-order valence-electron chi connectivity index (χ3n) is 2.12. The minimum Gasteiger partial charge on any atom is -0.507 e. The third kappa shape index (κ3) is 4.56. The van der Waals surface area contributed by atoms with E-state index < -0.39 is 24.5 Å². The number of rotatable bonds is 3. The molecule has 0 aliphatic heterocycles. The van der Waals surface area contributed by atoms with Gasteiger partial charge in [0, 0.05) is 10.5 Å². The maximum Gasteiger partial charge on any atom is 0.391 e. The van der Waals surface area contributed by atoms with Crippen molar-refractivity contribution in [3.8, 4) is 5.75 Å². The molecule has 1 amide bonds. The van der Waals surface area contributed by atoms with Crippen molar-refractivity contribution in [1.82, 2.24) is 5.32 Å². The van der Waals surface area contributed by atoms with Gasteiger partial charge >= 0.3 is 6.18 Å². The van der Waals surface area contributed by atoms with Gasteiger partial charge in [0.25, 0.3) is 5.91 Å². The fraction of sp³-hybridized carbons (Fsp3) is 0.364. The first-order valence-corrected chi connectivity index (χ1v) is 5.84. The van der Waals surface area contributed by atoms with E-state index in [1.807, 2.05) is 0 Å². The number of nitrogens with one attached hydrogen (secondary N) is 1. The fourth-order valence-electron chi connectivity index (χ4n) is 1.39. The lowest BCUT2D eigenvalue weighted by atomic mass is 10.1. The van der Waals surface area contributed by atoms with Crippen molar-refractivity contribution in [2.24, 2.45) is 0 Å². The van der Waals surface area contributed by atoms with Gasteiger partial charge in [-0.2, -0.15) is 13.2 Å². The number of carbonyl (C=O) groups is 1. The number of benzene rings is 1. The van der Waals surface area contributed by atoms with Gasteiger partial charge in [0.15, 0.2) is 0 Å². The van der Waals surface area contributed by atoms with Crippen LogP contribution in [0.2, 0.25) is 0 Å². The number of alkyl halides is 3. The van der Waals surface area contributed by atoms with Crippen LogP contribution in [0.5, 0.6) is 5.75 Å². The van der Waals surface area contributed by atoms with Gasteiger partial charge in [-0.3, -0.25) is 4.79 Å². The SMILES string of the molecule is CC(CC(F)(F)F)NC(=O)c1cc(Br)ccc1O. The van der Waals surface area contributed by atoms with Crippen LogP contribution in [-0.2, 0) is 0 Å². The van der Waals surface area contributed by atoms with Gasteiger partial charge in [0.1, 0.15) is 5.75 Å². The molecule has 1 aromatic rings. The number of carbonyl (C=O) groups excluding carboxylic acids is 1. The van der Waals surface area contributed by atoms with Crippen LogP contribution >= 0.6 is 15.9 Å². The van der Waals surface area contributed by atoms with Crippen LogP contribution in [-0.4, -0.2) is 23.2 Å². The van der Waals surface area contributed by atoms with E-state index in [1.165, 1.54) is 25.1 Å². The molecule has 1 unspecified atom stereocenters. The molecule has 1 atom stereocenters. The average Bonchev–Trinajstić information content (AvgIpc) is 2.18. The molecular weight excluding hydrogens is 315 g/mol. The molecule has 0 aliphatic carbocycles. The monoisotopic (exact) mass is 325 g/mol. The first-order valence-electron chi connectivity index (χ1n) is 5.05. The Morgan fingerprint density at radius 1 is 1.50 bits per heavy atom. The Hall–Kier alpha value is -1.24. The second kappa shape index (κ2) is 5.60. The van der Waals surface area contributed by atoms with Crippen LogP contribution in [0.4, 0.5) is 13.2 Å². The minimum absolute atomic E-state index is 0.0709. The highest BCUT2D eigenvalue weighted by atomic mass is 79.9. The predicted molar refractivity (Wildman–Crippen MR) is 63.4 cm³/mol. The van der Waals surface area contributed by atoms with Crippen molar-refractivity contribution < 1.29 is 23.1 Å². The molecule has 3 nitrogen and oxygen atoms in total. The zero-order chi connectivity index (χ0) is 13.9. The fourth-order valence-corrected chi connectivity index (χ4v) is 1.75. The molecule has 7 heteroatoms. The number of phenols is 1. The van der Waals surface area contributed by atoms with E-state index in [9.17, 15) is 23.1 Å². The molecule has 0 aromatic heterocycles. The van der Waals surface area contributed by atoms with Crippen molar-refractivity contribution >= 4 is 21.8 Å². The Labute approximate surface area is 110 Å². The van der Waals surface area contributed by atoms with Gasteiger partial charge in [0.2, 0.25) is 0 Å². The van der Waals surface area contributed by atoms with E-state index >= 15 is 0 Å². The van der Waals surface area contributed by atoms with Gasteiger partial charge < -0.3 is 10.4 Å². The Kier molecular flexibility index (Phi) is 4.61. The number of hydrogen-bond donors (Lipinski definition) is 2. The van der Waals surface area contributed by atoms with E-state index in [4.69, 9.17) is 0 Å². The molecule has 0 aliphatic rings. The minimum atomic E-state index is -4.34. The second-order valence-corrected chi connectivity index (χ2v) is 4.77. The Morgan fingerprint density at radius 2 is 2.11 bits per heavy atom. The van der Waals surface area contributed by atoms with Crippen molar-refractivity contribution in [1.29, 1.82) is 0 Å². The Morgan fingerprint density at radius 3 is 2.67 bits per heavy atom. The van der Waals surface area contributed by atoms with Crippen LogP contribution < -0.4 is 5.32 Å².